The molecule has 0 aromatic rings. The van der Waals surface area contributed by atoms with E-state index in [1.165, 1.54) is 0 Å². The zero-order valence-electron chi connectivity index (χ0n) is 7.31. The predicted octanol–water partition coefficient (Wildman–Crippen LogP) is 1.56. The Morgan fingerprint density at radius 1 is 1.42 bits per heavy atom. The van der Waals surface area contributed by atoms with Crippen molar-refractivity contribution >= 4 is 23.3 Å². The van der Waals surface area contributed by atoms with E-state index < -0.39 is 6.03 Å². The second-order valence-corrected chi connectivity index (χ2v) is 2.87. The van der Waals surface area contributed by atoms with Gasteiger partial charge >= 0.3 is 6.03 Å². The third-order valence-corrected chi connectivity index (χ3v) is 1.74. The number of hydrogen-bond donors (Lipinski definition) is 2. The van der Waals surface area contributed by atoms with Crippen LogP contribution in [0.1, 0.15) is 20.8 Å². The van der Waals surface area contributed by atoms with Gasteiger partial charge in [0.05, 0.1) is 10.7 Å². The number of nitrogens with zero attached hydrogens (tertiary/aromatic N) is 1. The highest BCUT2D eigenvalue weighted by Crippen LogP contribution is 2.09. The predicted molar refractivity (Wildman–Crippen MR) is 50.1 cm³/mol. The van der Waals surface area contributed by atoms with E-state index in [9.17, 15) is 4.79 Å². The van der Waals surface area contributed by atoms with Gasteiger partial charge in [-0.25, -0.2) is 10.2 Å². The molecule has 0 aromatic heterocycles. The number of hydrazone groups is 1. The van der Waals surface area contributed by atoms with Gasteiger partial charge in [-0.2, -0.15) is 5.10 Å². The van der Waals surface area contributed by atoms with Crippen LogP contribution in [0.3, 0.4) is 0 Å². The molecule has 0 saturated heterocycles. The molecule has 0 aliphatic heterocycles. The second kappa shape index (κ2) is 4.77. The molecule has 0 fully saturated rings. The summed E-state index contributed by atoms with van der Waals surface area (Å²) in [5.74, 6) is 0. The lowest BCUT2D eigenvalue weighted by molar-refractivity contribution is 0.249. The van der Waals surface area contributed by atoms with Crippen LogP contribution in [0.4, 0.5) is 4.79 Å². The molecule has 0 unspecified atom stereocenters. The number of amides is 2. The number of carbonyl (C=O) groups excluding carboxylic acids is 1. The summed E-state index contributed by atoms with van der Waals surface area (Å²) in [4.78, 5) is 10.2. The maximum absolute atomic E-state index is 10.2. The van der Waals surface area contributed by atoms with Crippen molar-refractivity contribution in [2.45, 2.75) is 20.8 Å². The van der Waals surface area contributed by atoms with Crippen molar-refractivity contribution in [1.29, 1.82) is 0 Å². The molecule has 3 N–H and O–H groups in total. The summed E-state index contributed by atoms with van der Waals surface area (Å²) < 4.78 is 0. The molecule has 0 bridgehead atoms. The Balaban J connectivity index is 4.39. The van der Waals surface area contributed by atoms with Gasteiger partial charge in [0.15, 0.2) is 0 Å². The highest BCUT2D eigenvalue weighted by molar-refractivity contribution is 6.43. The smallest absolute Gasteiger partial charge is 0.332 e. The van der Waals surface area contributed by atoms with E-state index in [-0.39, 0.29) is 0 Å². The van der Waals surface area contributed by atoms with Crippen molar-refractivity contribution in [2.75, 3.05) is 0 Å². The molecule has 0 aliphatic rings. The summed E-state index contributed by atoms with van der Waals surface area (Å²) in [5.41, 5.74) is 8.36. The number of rotatable bonds is 2. The molecule has 2 amide bonds. The van der Waals surface area contributed by atoms with Gasteiger partial charge in [0, 0.05) is 0 Å². The molecular weight excluding hydrogens is 178 g/mol. The number of nitrogens with one attached hydrogen (secondary N) is 1. The summed E-state index contributed by atoms with van der Waals surface area (Å²) in [5, 5.41) is 4.18. The summed E-state index contributed by atoms with van der Waals surface area (Å²) in [6.07, 6.45) is 0. The first kappa shape index (κ1) is 11.0. The Labute approximate surface area is 76.5 Å². The highest BCUT2D eigenvalue weighted by Gasteiger charge is 1.99. The van der Waals surface area contributed by atoms with Crippen molar-refractivity contribution < 1.29 is 4.79 Å². The lowest BCUT2D eigenvalue weighted by atomic mass is 10.2. The maximum atomic E-state index is 10.2. The van der Waals surface area contributed by atoms with Crippen molar-refractivity contribution in [2.24, 2.45) is 10.8 Å². The number of primary amides is 1. The van der Waals surface area contributed by atoms with Crippen LogP contribution < -0.4 is 11.2 Å². The first-order valence-electron chi connectivity index (χ1n) is 3.38. The van der Waals surface area contributed by atoms with E-state index in [1.807, 2.05) is 13.8 Å². The Morgan fingerprint density at radius 3 is 2.25 bits per heavy atom. The average Bonchev–Trinajstić information content (AvgIpc) is 1.98. The highest BCUT2D eigenvalue weighted by atomic mass is 35.5. The fourth-order valence-corrected chi connectivity index (χ4v) is 0.592. The molecular formula is C7H12ClN3O. The van der Waals surface area contributed by atoms with E-state index in [1.54, 1.807) is 6.92 Å². The molecule has 68 valence electrons. The van der Waals surface area contributed by atoms with Gasteiger partial charge in [-0.3, -0.25) is 0 Å². The van der Waals surface area contributed by atoms with Gasteiger partial charge in [-0.05, 0) is 20.8 Å². The fraction of sp³-hybridized carbons (Fsp3) is 0.429. The average molecular weight is 190 g/mol. The third kappa shape index (κ3) is 3.98. The summed E-state index contributed by atoms with van der Waals surface area (Å²) >= 11 is 5.81. The number of allylic oxidation sites excluding steroid dienone is 2. The largest absolute Gasteiger partial charge is 0.350 e. The Morgan fingerprint density at radius 2 is 1.92 bits per heavy atom. The maximum Gasteiger partial charge on any atom is 0.332 e. The first-order chi connectivity index (χ1) is 5.45. The van der Waals surface area contributed by atoms with Crippen molar-refractivity contribution in [3.05, 3.63) is 10.6 Å². The number of hydrogen-bond acceptors (Lipinski definition) is 2. The SMILES string of the molecule is CC(C)=C(Cl)/C(C)=N/NC(N)=O. The Hall–Kier alpha value is -1.03. The molecule has 12 heavy (non-hydrogen) atoms. The molecule has 0 radical (unpaired) electrons. The topological polar surface area (TPSA) is 67.5 Å². The van der Waals surface area contributed by atoms with Gasteiger partial charge in [0.1, 0.15) is 0 Å². The van der Waals surface area contributed by atoms with E-state index in [0.29, 0.717) is 10.7 Å². The normalized spacial score (nSPS) is 10.8. The molecule has 5 heteroatoms. The molecule has 0 aromatic carbocycles. The third-order valence-electron chi connectivity index (χ3n) is 1.09. The van der Waals surface area contributed by atoms with Gasteiger partial charge in [-0.15, -0.1) is 0 Å². The van der Waals surface area contributed by atoms with E-state index >= 15 is 0 Å². The van der Waals surface area contributed by atoms with E-state index in [2.05, 4.69) is 10.5 Å². The van der Waals surface area contributed by atoms with Crippen LogP contribution in [-0.2, 0) is 0 Å². The monoisotopic (exact) mass is 189 g/mol. The van der Waals surface area contributed by atoms with Crippen LogP contribution in [-0.4, -0.2) is 11.7 Å². The first-order valence-corrected chi connectivity index (χ1v) is 3.76. The van der Waals surface area contributed by atoms with Gasteiger partial charge in [0.25, 0.3) is 0 Å². The van der Waals surface area contributed by atoms with Crippen LogP contribution in [0.25, 0.3) is 0 Å². The number of carbonyl (C=O) groups is 1. The Kier molecular flexibility index (Phi) is 4.36. The van der Waals surface area contributed by atoms with Crippen LogP contribution in [0.5, 0.6) is 0 Å². The van der Waals surface area contributed by atoms with Crippen molar-refractivity contribution in [3.8, 4) is 0 Å². The number of urea groups is 1. The molecule has 0 spiro atoms. The molecule has 0 atom stereocenters. The lowest BCUT2D eigenvalue weighted by Gasteiger charge is -2.00. The molecule has 0 rings (SSSR count). The second-order valence-electron chi connectivity index (χ2n) is 2.49. The number of halogens is 1. The van der Waals surface area contributed by atoms with Gasteiger partial charge in [-0.1, -0.05) is 17.2 Å². The fourth-order valence-electron chi connectivity index (χ4n) is 0.550. The van der Waals surface area contributed by atoms with Gasteiger partial charge in [0.2, 0.25) is 0 Å². The standard InChI is InChI=1S/C7H12ClN3O/c1-4(2)6(8)5(3)10-11-7(9)12/h1-3H3,(H3,9,11,12)/b10-5+. The van der Waals surface area contributed by atoms with Crippen molar-refractivity contribution in [1.82, 2.24) is 5.43 Å². The lowest BCUT2D eigenvalue weighted by Crippen LogP contribution is -2.25. The molecule has 0 aliphatic carbocycles. The zero-order valence-corrected chi connectivity index (χ0v) is 8.07. The summed E-state index contributed by atoms with van der Waals surface area (Å²) in [7, 11) is 0. The van der Waals surface area contributed by atoms with Crippen LogP contribution in [0, 0.1) is 0 Å². The summed E-state index contributed by atoms with van der Waals surface area (Å²) in [6, 6.07) is -0.701. The zero-order chi connectivity index (χ0) is 9.72. The minimum absolute atomic E-state index is 0.531. The quantitative estimate of drug-likeness (QED) is 0.503. The van der Waals surface area contributed by atoms with Crippen LogP contribution in [0.15, 0.2) is 15.7 Å². The van der Waals surface area contributed by atoms with Gasteiger partial charge < -0.3 is 5.73 Å². The van der Waals surface area contributed by atoms with Crippen molar-refractivity contribution in [3.63, 3.8) is 0 Å². The minimum atomic E-state index is -0.701. The minimum Gasteiger partial charge on any atom is -0.350 e. The molecule has 0 saturated carbocycles. The number of nitrogens with two attached hydrogens (primary N) is 1. The van der Waals surface area contributed by atoms with Crippen LogP contribution in [0.2, 0.25) is 0 Å². The summed E-state index contributed by atoms with van der Waals surface area (Å²) in [6.45, 7) is 5.39. The van der Waals surface area contributed by atoms with E-state index in [0.717, 1.165) is 5.57 Å². The van der Waals surface area contributed by atoms with E-state index in [4.69, 9.17) is 17.3 Å². The van der Waals surface area contributed by atoms with Crippen LogP contribution >= 0.6 is 11.6 Å². The Bertz CT molecular complexity index is 241. The molecule has 4 nitrogen and oxygen atoms in total. The molecule has 0 heterocycles.